The molecule has 3 nitrogen and oxygen atoms in total. The summed E-state index contributed by atoms with van der Waals surface area (Å²) in [6, 6.07) is 4.74. The van der Waals surface area contributed by atoms with Gasteiger partial charge in [-0.15, -0.1) is 11.6 Å². The predicted molar refractivity (Wildman–Crippen MR) is 60.8 cm³/mol. The Labute approximate surface area is 106 Å². The molecule has 0 saturated heterocycles. The molecule has 0 unspecified atom stereocenters. The van der Waals surface area contributed by atoms with E-state index in [9.17, 15) is 13.2 Å². The van der Waals surface area contributed by atoms with E-state index in [1.165, 1.54) is 18.4 Å². The van der Waals surface area contributed by atoms with Gasteiger partial charge in [-0.2, -0.15) is 18.2 Å². The SMILES string of the molecule is FC(F)(F)c1ccc(Nc2nc(CCl)co2)cc1. The molecular formula is C11H8ClF3N2O. The maximum atomic E-state index is 12.3. The third-order valence-corrected chi connectivity index (χ3v) is 2.43. The predicted octanol–water partition coefficient (Wildman–Crippen LogP) is 4.18. The minimum atomic E-state index is -4.34. The number of alkyl halides is 4. The lowest BCUT2D eigenvalue weighted by Gasteiger charge is -2.07. The number of oxazole rings is 1. The van der Waals surface area contributed by atoms with Crippen molar-refractivity contribution in [3.05, 3.63) is 41.8 Å². The van der Waals surface area contributed by atoms with Crippen LogP contribution in [0.2, 0.25) is 0 Å². The number of benzene rings is 1. The van der Waals surface area contributed by atoms with Crippen molar-refractivity contribution in [1.29, 1.82) is 0 Å². The van der Waals surface area contributed by atoms with E-state index in [0.717, 1.165) is 12.1 Å². The van der Waals surface area contributed by atoms with Crippen molar-refractivity contribution in [1.82, 2.24) is 4.98 Å². The van der Waals surface area contributed by atoms with E-state index < -0.39 is 11.7 Å². The monoisotopic (exact) mass is 276 g/mol. The second kappa shape index (κ2) is 4.89. The number of hydrogen-bond acceptors (Lipinski definition) is 3. The van der Waals surface area contributed by atoms with Crippen LogP contribution < -0.4 is 5.32 Å². The van der Waals surface area contributed by atoms with Gasteiger partial charge in [0.25, 0.3) is 6.01 Å². The molecular weight excluding hydrogens is 269 g/mol. The van der Waals surface area contributed by atoms with Crippen molar-refractivity contribution in [2.45, 2.75) is 12.1 Å². The first-order valence-electron chi connectivity index (χ1n) is 4.93. The quantitative estimate of drug-likeness (QED) is 0.855. The fourth-order valence-corrected chi connectivity index (χ4v) is 1.41. The van der Waals surface area contributed by atoms with Gasteiger partial charge < -0.3 is 9.73 Å². The van der Waals surface area contributed by atoms with Crippen molar-refractivity contribution in [2.75, 3.05) is 5.32 Å². The van der Waals surface area contributed by atoms with Crippen molar-refractivity contribution in [2.24, 2.45) is 0 Å². The summed E-state index contributed by atoms with van der Waals surface area (Å²) in [4.78, 5) is 3.96. The minimum Gasteiger partial charge on any atom is -0.432 e. The van der Waals surface area contributed by atoms with Gasteiger partial charge in [0.05, 0.1) is 17.1 Å². The standard InChI is InChI=1S/C11H8ClF3N2O/c12-5-9-6-18-10(17-9)16-8-3-1-7(2-4-8)11(13,14)15/h1-4,6H,5H2,(H,16,17). The molecule has 0 amide bonds. The Morgan fingerprint density at radius 1 is 1.22 bits per heavy atom. The van der Waals surface area contributed by atoms with Crippen LogP contribution in [0.15, 0.2) is 34.9 Å². The second-order valence-electron chi connectivity index (χ2n) is 3.48. The zero-order valence-electron chi connectivity index (χ0n) is 8.96. The first-order chi connectivity index (χ1) is 8.49. The van der Waals surface area contributed by atoms with Crippen molar-refractivity contribution in [3.8, 4) is 0 Å². The Hall–Kier alpha value is -1.69. The van der Waals surface area contributed by atoms with Crippen molar-refractivity contribution >= 4 is 23.3 Å². The van der Waals surface area contributed by atoms with Crippen LogP contribution in [-0.4, -0.2) is 4.98 Å². The average Bonchev–Trinajstić information content (AvgIpc) is 2.76. The Balaban J connectivity index is 2.11. The van der Waals surface area contributed by atoms with Crippen LogP contribution in [-0.2, 0) is 12.1 Å². The molecule has 0 saturated carbocycles. The first-order valence-corrected chi connectivity index (χ1v) is 5.47. The molecule has 18 heavy (non-hydrogen) atoms. The molecule has 0 fully saturated rings. The number of aromatic nitrogens is 1. The molecule has 0 aliphatic heterocycles. The van der Waals surface area contributed by atoms with Crippen molar-refractivity contribution in [3.63, 3.8) is 0 Å². The molecule has 7 heteroatoms. The topological polar surface area (TPSA) is 38.1 Å². The molecule has 0 radical (unpaired) electrons. The van der Waals surface area contributed by atoms with Gasteiger partial charge in [-0.05, 0) is 24.3 Å². The van der Waals surface area contributed by atoms with Gasteiger partial charge in [0, 0.05) is 5.69 Å². The highest BCUT2D eigenvalue weighted by molar-refractivity contribution is 6.16. The first kappa shape index (κ1) is 12.8. The molecule has 0 aliphatic rings. The summed E-state index contributed by atoms with van der Waals surface area (Å²) in [5, 5.41) is 2.73. The number of nitrogens with zero attached hydrogens (tertiary/aromatic N) is 1. The molecule has 1 heterocycles. The number of halogens is 4. The van der Waals surface area contributed by atoms with Gasteiger partial charge in [-0.25, -0.2) is 0 Å². The summed E-state index contributed by atoms with van der Waals surface area (Å²) in [7, 11) is 0. The molecule has 0 aliphatic carbocycles. The van der Waals surface area contributed by atoms with E-state index in [4.69, 9.17) is 16.0 Å². The Morgan fingerprint density at radius 2 is 1.89 bits per heavy atom. The molecule has 1 aromatic heterocycles. The van der Waals surface area contributed by atoms with Crippen LogP contribution in [0.5, 0.6) is 0 Å². The lowest BCUT2D eigenvalue weighted by atomic mass is 10.2. The fourth-order valence-electron chi connectivity index (χ4n) is 1.29. The van der Waals surface area contributed by atoms with E-state index in [1.54, 1.807) is 0 Å². The van der Waals surface area contributed by atoms with Crippen LogP contribution in [0.4, 0.5) is 24.9 Å². The van der Waals surface area contributed by atoms with E-state index in [1.807, 2.05) is 0 Å². The lowest BCUT2D eigenvalue weighted by molar-refractivity contribution is -0.137. The summed E-state index contributed by atoms with van der Waals surface area (Å²) < 4.78 is 42.0. The van der Waals surface area contributed by atoms with E-state index in [0.29, 0.717) is 11.4 Å². The Morgan fingerprint density at radius 3 is 2.39 bits per heavy atom. The second-order valence-corrected chi connectivity index (χ2v) is 3.74. The molecule has 96 valence electrons. The summed E-state index contributed by atoms with van der Waals surface area (Å²) in [6.45, 7) is 0. The third-order valence-electron chi connectivity index (χ3n) is 2.15. The van der Waals surface area contributed by atoms with Gasteiger partial charge in [-0.3, -0.25) is 0 Å². The van der Waals surface area contributed by atoms with Gasteiger partial charge in [0.1, 0.15) is 6.26 Å². The van der Waals surface area contributed by atoms with Crippen molar-refractivity contribution < 1.29 is 17.6 Å². The maximum Gasteiger partial charge on any atom is 0.416 e. The third kappa shape index (κ3) is 2.95. The highest BCUT2D eigenvalue weighted by atomic mass is 35.5. The van der Waals surface area contributed by atoms with Gasteiger partial charge in [0.2, 0.25) is 0 Å². The van der Waals surface area contributed by atoms with Gasteiger partial charge in [0.15, 0.2) is 0 Å². The smallest absolute Gasteiger partial charge is 0.416 e. The number of rotatable bonds is 3. The fraction of sp³-hybridized carbons (Fsp3) is 0.182. The molecule has 0 atom stereocenters. The Kier molecular flexibility index (Phi) is 3.47. The van der Waals surface area contributed by atoms with Crippen LogP contribution in [0, 0.1) is 0 Å². The van der Waals surface area contributed by atoms with E-state index in [-0.39, 0.29) is 11.9 Å². The van der Waals surface area contributed by atoms with E-state index in [2.05, 4.69) is 10.3 Å². The highest BCUT2D eigenvalue weighted by Gasteiger charge is 2.29. The summed E-state index contributed by atoms with van der Waals surface area (Å²) in [5.41, 5.74) is 0.291. The van der Waals surface area contributed by atoms with Gasteiger partial charge in [-0.1, -0.05) is 0 Å². The maximum absolute atomic E-state index is 12.3. The normalized spacial score (nSPS) is 11.6. The Bertz CT molecular complexity index is 522. The zero-order valence-corrected chi connectivity index (χ0v) is 9.72. The summed E-state index contributed by atoms with van der Waals surface area (Å²) in [6.07, 6.45) is -2.97. The molecule has 1 aromatic carbocycles. The average molecular weight is 277 g/mol. The molecule has 0 bridgehead atoms. The molecule has 1 N–H and O–H groups in total. The zero-order chi connectivity index (χ0) is 13.2. The highest BCUT2D eigenvalue weighted by Crippen LogP contribution is 2.30. The van der Waals surface area contributed by atoms with E-state index >= 15 is 0 Å². The van der Waals surface area contributed by atoms with Crippen LogP contribution in [0.25, 0.3) is 0 Å². The molecule has 2 aromatic rings. The molecule has 0 spiro atoms. The largest absolute Gasteiger partial charge is 0.432 e. The summed E-state index contributed by atoms with van der Waals surface area (Å²) in [5.74, 6) is 0.207. The van der Waals surface area contributed by atoms with Crippen LogP contribution in [0.3, 0.4) is 0 Å². The molecule has 2 rings (SSSR count). The number of nitrogens with one attached hydrogen (secondary N) is 1. The minimum absolute atomic E-state index is 0.186. The number of anilines is 2. The number of hydrogen-bond donors (Lipinski definition) is 1. The van der Waals surface area contributed by atoms with Gasteiger partial charge >= 0.3 is 6.18 Å². The van der Waals surface area contributed by atoms with Crippen LogP contribution >= 0.6 is 11.6 Å². The lowest BCUT2D eigenvalue weighted by Crippen LogP contribution is -2.04. The summed E-state index contributed by atoms with van der Waals surface area (Å²) >= 11 is 5.54. The van der Waals surface area contributed by atoms with Crippen LogP contribution in [0.1, 0.15) is 11.3 Å².